The van der Waals surface area contributed by atoms with E-state index in [-0.39, 0.29) is 18.6 Å². The minimum absolute atomic E-state index is 0.0997. The van der Waals surface area contributed by atoms with Crippen LogP contribution in [0.3, 0.4) is 0 Å². The highest BCUT2D eigenvalue weighted by Gasteiger charge is 2.15. The third kappa shape index (κ3) is 3.69. The SMILES string of the molecule is Cc1cc(C(=O)NC(CO)Cc2ccccc2)co1. The second-order valence-corrected chi connectivity index (χ2v) is 4.49. The number of benzene rings is 1. The Morgan fingerprint density at radius 1 is 1.37 bits per heavy atom. The van der Waals surface area contributed by atoms with Crippen molar-refractivity contribution < 1.29 is 14.3 Å². The number of rotatable bonds is 5. The maximum Gasteiger partial charge on any atom is 0.254 e. The van der Waals surface area contributed by atoms with E-state index in [1.54, 1.807) is 13.0 Å². The molecule has 0 radical (unpaired) electrons. The highest BCUT2D eigenvalue weighted by molar-refractivity contribution is 5.94. The molecule has 2 aromatic rings. The van der Waals surface area contributed by atoms with Crippen LogP contribution in [-0.4, -0.2) is 23.7 Å². The molecule has 0 fully saturated rings. The fourth-order valence-corrected chi connectivity index (χ4v) is 1.89. The molecular weight excluding hydrogens is 242 g/mol. The maximum absolute atomic E-state index is 11.9. The van der Waals surface area contributed by atoms with Crippen LogP contribution >= 0.6 is 0 Å². The smallest absolute Gasteiger partial charge is 0.254 e. The van der Waals surface area contributed by atoms with Crippen molar-refractivity contribution in [1.29, 1.82) is 0 Å². The van der Waals surface area contributed by atoms with Crippen molar-refractivity contribution in [2.45, 2.75) is 19.4 Å². The van der Waals surface area contributed by atoms with Gasteiger partial charge in [-0.2, -0.15) is 0 Å². The number of carbonyl (C=O) groups excluding carboxylic acids is 1. The van der Waals surface area contributed by atoms with Gasteiger partial charge in [0.1, 0.15) is 12.0 Å². The summed E-state index contributed by atoms with van der Waals surface area (Å²) in [6.07, 6.45) is 2.02. The van der Waals surface area contributed by atoms with Crippen LogP contribution in [0, 0.1) is 6.92 Å². The molecule has 1 unspecified atom stereocenters. The molecule has 0 saturated carbocycles. The predicted molar refractivity (Wildman–Crippen MR) is 71.9 cm³/mol. The summed E-state index contributed by atoms with van der Waals surface area (Å²) in [4.78, 5) is 11.9. The minimum atomic E-state index is -0.301. The zero-order valence-electron chi connectivity index (χ0n) is 10.8. The summed E-state index contributed by atoms with van der Waals surface area (Å²) in [6, 6.07) is 11.1. The van der Waals surface area contributed by atoms with E-state index in [0.29, 0.717) is 17.7 Å². The van der Waals surface area contributed by atoms with Crippen LogP contribution in [0.15, 0.2) is 47.1 Å². The molecule has 0 bridgehead atoms. The standard InChI is InChI=1S/C15H17NO3/c1-11-7-13(10-19-11)15(18)16-14(9-17)8-12-5-3-2-4-6-12/h2-7,10,14,17H,8-9H2,1H3,(H,16,18). The van der Waals surface area contributed by atoms with Gasteiger partial charge in [0, 0.05) is 0 Å². The fraction of sp³-hybridized carbons (Fsp3) is 0.267. The van der Waals surface area contributed by atoms with Crippen molar-refractivity contribution >= 4 is 5.91 Å². The summed E-state index contributed by atoms with van der Waals surface area (Å²) in [5, 5.41) is 12.1. The Bertz CT molecular complexity index is 533. The molecule has 1 heterocycles. The molecule has 100 valence electrons. The van der Waals surface area contributed by atoms with Crippen molar-refractivity contribution in [2.75, 3.05) is 6.61 Å². The van der Waals surface area contributed by atoms with Gasteiger partial charge in [0.25, 0.3) is 5.91 Å². The second kappa shape index (κ2) is 6.20. The molecule has 4 nitrogen and oxygen atoms in total. The number of nitrogens with one attached hydrogen (secondary N) is 1. The average molecular weight is 259 g/mol. The van der Waals surface area contributed by atoms with Gasteiger partial charge in [-0.3, -0.25) is 4.79 Å². The number of aliphatic hydroxyl groups excluding tert-OH is 1. The minimum Gasteiger partial charge on any atom is -0.469 e. The average Bonchev–Trinajstić information content (AvgIpc) is 2.86. The van der Waals surface area contributed by atoms with Gasteiger partial charge in [-0.05, 0) is 25.0 Å². The number of amides is 1. The van der Waals surface area contributed by atoms with Crippen LogP contribution in [0.2, 0.25) is 0 Å². The Morgan fingerprint density at radius 2 is 2.11 bits per heavy atom. The zero-order valence-corrected chi connectivity index (χ0v) is 10.8. The van der Waals surface area contributed by atoms with Crippen LogP contribution in [0.25, 0.3) is 0 Å². The number of hydrogen-bond acceptors (Lipinski definition) is 3. The van der Waals surface area contributed by atoms with Crippen molar-refractivity contribution in [2.24, 2.45) is 0 Å². The second-order valence-electron chi connectivity index (χ2n) is 4.49. The van der Waals surface area contributed by atoms with Gasteiger partial charge in [-0.1, -0.05) is 30.3 Å². The summed E-state index contributed by atoms with van der Waals surface area (Å²) in [6.45, 7) is 1.68. The summed E-state index contributed by atoms with van der Waals surface area (Å²) >= 11 is 0. The third-order valence-corrected chi connectivity index (χ3v) is 2.87. The lowest BCUT2D eigenvalue weighted by Gasteiger charge is -2.15. The topological polar surface area (TPSA) is 62.5 Å². The molecular formula is C15H17NO3. The number of hydrogen-bond donors (Lipinski definition) is 2. The van der Waals surface area contributed by atoms with Crippen LogP contribution in [0.5, 0.6) is 0 Å². The van der Waals surface area contributed by atoms with Gasteiger partial charge >= 0.3 is 0 Å². The Balaban J connectivity index is 1.97. The Kier molecular flexibility index (Phi) is 4.36. The molecule has 0 aliphatic carbocycles. The summed E-state index contributed by atoms with van der Waals surface area (Å²) in [5.41, 5.74) is 1.55. The lowest BCUT2D eigenvalue weighted by molar-refractivity contribution is 0.0916. The number of aliphatic hydroxyl groups is 1. The van der Waals surface area contributed by atoms with Gasteiger partial charge in [-0.25, -0.2) is 0 Å². The number of aryl methyl sites for hydroxylation is 1. The number of carbonyl (C=O) groups is 1. The van der Waals surface area contributed by atoms with Crippen LogP contribution < -0.4 is 5.32 Å². The van der Waals surface area contributed by atoms with E-state index in [1.807, 2.05) is 30.3 Å². The molecule has 0 spiro atoms. The Morgan fingerprint density at radius 3 is 2.68 bits per heavy atom. The van der Waals surface area contributed by atoms with Crippen LogP contribution in [0.4, 0.5) is 0 Å². The van der Waals surface area contributed by atoms with E-state index < -0.39 is 0 Å². The molecule has 0 saturated heterocycles. The zero-order chi connectivity index (χ0) is 13.7. The monoisotopic (exact) mass is 259 g/mol. The van der Waals surface area contributed by atoms with Crippen molar-refractivity contribution in [3.05, 3.63) is 59.5 Å². The van der Waals surface area contributed by atoms with Crippen LogP contribution in [0.1, 0.15) is 21.7 Å². The predicted octanol–water partition coefficient (Wildman–Crippen LogP) is 1.92. The first-order valence-electron chi connectivity index (χ1n) is 6.20. The van der Waals surface area contributed by atoms with Gasteiger partial charge in [0.2, 0.25) is 0 Å². The van der Waals surface area contributed by atoms with E-state index in [1.165, 1.54) is 6.26 Å². The largest absolute Gasteiger partial charge is 0.469 e. The molecule has 1 aromatic heterocycles. The van der Waals surface area contributed by atoms with Crippen molar-refractivity contribution in [3.63, 3.8) is 0 Å². The normalized spacial score (nSPS) is 12.1. The highest BCUT2D eigenvalue weighted by atomic mass is 16.3. The molecule has 1 aromatic carbocycles. The number of furan rings is 1. The van der Waals surface area contributed by atoms with E-state index in [4.69, 9.17) is 4.42 Å². The van der Waals surface area contributed by atoms with E-state index in [9.17, 15) is 9.90 Å². The Hall–Kier alpha value is -2.07. The molecule has 2 rings (SSSR count). The van der Waals surface area contributed by atoms with Gasteiger partial charge in [-0.15, -0.1) is 0 Å². The van der Waals surface area contributed by atoms with E-state index >= 15 is 0 Å². The molecule has 1 atom stereocenters. The molecule has 2 N–H and O–H groups in total. The summed E-state index contributed by atoms with van der Waals surface area (Å²) < 4.78 is 5.10. The highest BCUT2D eigenvalue weighted by Crippen LogP contribution is 2.08. The molecule has 1 amide bonds. The molecule has 0 aliphatic rings. The molecule has 4 heteroatoms. The Labute approximate surface area is 112 Å². The lowest BCUT2D eigenvalue weighted by Crippen LogP contribution is -2.38. The third-order valence-electron chi connectivity index (χ3n) is 2.87. The van der Waals surface area contributed by atoms with Crippen LogP contribution in [-0.2, 0) is 6.42 Å². The van der Waals surface area contributed by atoms with Gasteiger partial charge in [0.05, 0.1) is 18.2 Å². The first-order chi connectivity index (χ1) is 9.19. The summed E-state index contributed by atoms with van der Waals surface area (Å²) in [7, 11) is 0. The first-order valence-corrected chi connectivity index (χ1v) is 6.20. The van der Waals surface area contributed by atoms with Crippen molar-refractivity contribution in [1.82, 2.24) is 5.32 Å². The van der Waals surface area contributed by atoms with Gasteiger partial charge < -0.3 is 14.8 Å². The first kappa shape index (κ1) is 13.4. The molecule has 19 heavy (non-hydrogen) atoms. The van der Waals surface area contributed by atoms with Crippen molar-refractivity contribution in [3.8, 4) is 0 Å². The van der Waals surface area contributed by atoms with E-state index in [2.05, 4.69) is 5.32 Å². The van der Waals surface area contributed by atoms with Gasteiger partial charge in [0.15, 0.2) is 0 Å². The lowest BCUT2D eigenvalue weighted by atomic mass is 10.1. The fourth-order valence-electron chi connectivity index (χ4n) is 1.89. The quantitative estimate of drug-likeness (QED) is 0.862. The summed E-state index contributed by atoms with van der Waals surface area (Å²) in [5.74, 6) is 0.459. The molecule has 0 aliphatic heterocycles. The maximum atomic E-state index is 11.9. The van der Waals surface area contributed by atoms with E-state index in [0.717, 1.165) is 5.56 Å².